The van der Waals surface area contributed by atoms with Crippen molar-refractivity contribution in [2.45, 2.75) is 32.6 Å². The molecule has 2 heterocycles. The normalized spacial score (nSPS) is 32.0. The Balaban J connectivity index is 1.71. The van der Waals surface area contributed by atoms with Crippen LogP contribution in [0.3, 0.4) is 0 Å². The van der Waals surface area contributed by atoms with Gasteiger partial charge in [-0.05, 0) is 50.6 Å². The molecule has 0 aliphatic carbocycles. The summed E-state index contributed by atoms with van der Waals surface area (Å²) in [5.74, 6) is 1.90. The van der Waals surface area contributed by atoms with Crippen LogP contribution in [-0.4, -0.2) is 40.7 Å². The van der Waals surface area contributed by atoms with Gasteiger partial charge in [0.1, 0.15) is 0 Å². The Morgan fingerprint density at radius 2 is 1.87 bits per heavy atom. The predicted molar refractivity (Wildman–Crippen MR) is 73.2 cm³/mol. The minimum Gasteiger partial charge on any atom is -0.303 e. The lowest BCUT2D eigenvalue weighted by atomic mass is 9.95. The van der Waals surface area contributed by atoms with Crippen LogP contribution in [0.1, 0.15) is 32.6 Å². The van der Waals surface area contributed by atoms with Crippen LogP contribution in [0.2, 0.25) is 0 Å². The summed E-state index contributed by atoms with van der Waals surface area (Å²) in [6.45, 7) is 9.05. The van der Waals surface area contributed by atoms with E-state index in [0.717, 1.165) is 11.8 Å². The van der Waals surface area contributed by atoms with Gasteiger partial charge in [0.05, 0.1) is 0 Å². The molecule has 0 aromatic carbocycles. The second-order valence-electron chi connectivity index (χ2n) is 5.36. The number of hydrogen-bond donors (Lipinski definition) is 0. The van der Waals surface area contributed by atoms with Crippen LogP contribution in [0.4, 0.5) is 0 Å². The van der Waals surface area contributed by atoms with Crippen molar-refractivity contribution in [3.63, 3.8) is 0 Å². The van der Waals surface area contributed by atoms with E-state index in [9.17, 15) is 0 Å². The van der Waals surface area contributed by atoms with Crippen molar-refractivity contribution >= 4 is 22.9 Å². The third kappa shape index (κ3) is 3.86. The lowest BCUT2D eigenvalue weighted by molar-refractivity contribution is 0.145. The highest BCUT2D eigenvalue weighted by Crippen LogP contribution is 2.22. The first kappa shape index (κ1) is 12.1. The fourth-order valence-electron chi connectivity index (χ4n) is 2.77. The molecule has 0 aromatic heterocycles. The topological polar surface area (TPSA) is 6.48 Å². The smallest absolute Gasteiger partial charge is 0.0201 e. The van der Waals surface area contributed by atoms with E-state index < -0.39 is 0 Å². The molecule has 2 fully saturated rings. The summed E-state index contributed by atoms with van der Waals surface area (Å²) in [7, 11) is 0. The quantitative estimate of drug-likeness (QED) is 0.570. The van der Waals surface area contributed by atoms with E-state index in [1.165, 1.54) is 58.4 Å². The van der Waals surface area contributed by atoms with Crippen molar-refractivity contribution in [3.8, 4) is 0 Å². The molecule has 1 atom stereocenters. The van der Waals surface area contributed by atoms with Crippen molar-refractivity contribution in [2.24, 2.45) is 11.8 Å². The van der Waals surface area contributed by atoms with Crippen molar-refractivity contribution in [3.05, 3.63) is 0 Å². The Morgan fingerprint density at radius 3 is 2.53 bits per heavy atom. The van der Waals surface area contributed by atoms with Gasteiger partial charge in [0.2, 0.25) is 0 Å². The van der Waals surface area contributed by atoms with Crippen LogP contribution in [0.25, 0.3) is 0 Å². The maximum atomic E-state index is 2.69. The summed E-state index contributed by atoms with van der Waals surface area (Å²) in [6.07, 6.45) is 5.69. The Morgan fingerprint density at radius 1 is 1.13 bits per heavy atom. The van der Waals surface area contributed by atoms with Crippen molar-refractivity contribution < 1.29 is 0 Å². The third-order valence-corrected chi connectivity index (χ3v) is 4.74. The van der Waals surface area contributed by atoms with E-state index in [1.807, 2.05) is 0 Å². The lowest BCUT2D eigenvalue weighted by Gasteiger charge is -2.36. The van der Waals surface area contributed by atoms with Gasteiger partial charge in [0.25, 0.3) is 0 Å². The van der Waals surface area contributed by atoms with E-state index in [-0.39, 0.29) is 0 Å². The van der Waals surface area contributed by atoms with Crippen molar-refractivity contribution in [1.82, 2.24) is 8.01 Å². The molecule has 0 saturated carbocycles. The van der Waals surface area contributed by atoms with Gasteiger partial charge in [-0.2, -0.15) is 0 Å². The highest BCUT2D eigenvalue weighted by atomic mass is 127. The van der Waals surface area contributed by atoms with Gasteiger partial charge in [0, 0.05) is 42.5 Å². The Labute approximate surface area is 108 Å². The number of likely N-dealkylation sites (tertiary alicyclic amines) is 1. The first-order valence-corrected chi connectivity index (χ1v) is 7.33. The third-order valence-electron chi connectivity index (χ3n) is 3.86. The molecule has 2 rings (SSSR count). The monoisotopic (exact) mass is 322 g/mol. The molecule has 2 aliphatic heterocycles. The first-order valence-electron chi connectivity index (χ1n) is 6.37. The number of rotatable bonds is 2. The summed E-state index contributed by atoms with van der Waals surface area (Å²) in [6, 6.07) is 0. The first-order chi connectivity index (χ1) is 7.24. The summed E-state index contributed by atoms with van der Waals surface area (Å²) < 4.78 is 2.47. The average molecular weight is 322 g/mol. The molecule has 0 bridgehead atoms. The van der Waals surface area contributed by atoms with Crippen LogP contribution in [-0.2, 0) is 0 Å². The minimum atomic E-state index is 0.934. The maximum absolute atomic E-state index is 2.69. The van der Waals surface area contributed by atoms with Crippen LogP contribution in [0.5, 0.6) is 0 Å². The van der Waals surface area contributed by atoms with Crippen molar-refractivity contribution in [2.75, 3.05) is 32.7 Å². The molecule has 0 radical (unpaired) electrons. The lowest BCUT2D eigenvalue weighted by Crippen LogP contribution is -2.40. The second-order valence-corrected chi connectivity index (χ2v) is 6.72. The van der Waals surface area contributed by atoms with E-state index in [4.69, 9.17) is 0 Å². The number of hydrogen-bond acceptors (Lipinski definition) is 2. The highest BCUT2D eigenvalue weighted by molar-refractivity contribution is 14.1. The van der Waals surface area contributed by atoms with E-state index in [0.29, 0.717) is 0 Å². The number of piperidine rings is 2. The van der Waals surface area contributed by atoms with Gasteiger partial charge < -0.3 is 4.90 Å². The predicted octanol–water partition coefficient (Wildman–Crippen LogP) is 2.78. The summed E-state index contributed by atoms with van der Waals surface area (Å²) in [5, 5.41) is 0. The average Bonchev–Trinajstić information content (AvgIpc) is 2.22. The largest absolute Gasteiger partial charge is 0.303 e. The van der Waals surface area contributed by atoms with Crippen molar-refractivity contribution in [1.29, 1.82) is 0 Å². The van der Waals surface area contributed by atoms with E-state index >= 15 is 0 Å². The molecule has 2 aliphatic rings. The van der Waals surface area contributed by atoms with Gasteiger partial charge in [-0.1, -0.05) is 6.92 Å². The maximum Gasteiger partial charge on any atom is 0.0201 e. The molecule has 0 aromatic rings. The molecule has 2 saturated heterocycles. The molecule has 15 heavy (non-hydrogen) atoms. The van der Waals surface area contributed by atoms with Crippen LogP contribution < -0.4 is 0 Å². The molecular formula is C12H23IN2. The van der Waals surface area contributed by atoms with E-state index in [1.54, 1.807) is 0 Å². The number of halogens is 1. The summed E-state index contributed by atoms with van der Waals surface area (Å²) in [4.78, 5) is 2.69. The zero-order valence-electron chi connectivity index (χ0n) is 9.79. The fourth-order valence-corrected chi connectivity index (χ4v) is 3.67. The van der Waals surface area contributed by atoms with E-state index in [2.05, 4.69) is 37.8 Å². The summed E-state index contributed by atoms with van der Waals surface area (Å²) >= 11 is 2.48. The van der Waals surface area contributed by atoms with Crippen LogP contribution in [0.15, 0.2) is 0 Å². The summed E-state index contributed by atoms with van der Waals surface area (Å²) in [5.41, 5.74) is 0. The minimum absolute atomic E-state index is 0.934. The molecule has 2 nitrogen and oxygen atoms in total. The molecule has 0 spiro atoms. The van der Waals surface area contributed by atoms with Gasteiger partial charge in [-0.3, -0.25) is 0 Å². The Kier molecular flexibility index (Phi) is 4.70. The zero-order chi connectivity index (χ0) is 10.7. The highest BCUT2D eigenvalue weighted by Gasteiger charge is 2.22. The molecular weight excluding hydrogens is 299 g/mol. The molecule has 0 N–H and O–H groups in total. The van der Waals surface area contributed by atoms with Crippen LogP contribution >= 0.6 is 22.9 Å². The standard InChI is InChI=1S/C12H23IN2/c1-11-4-7-14(8-5-11)9-12-3-2-6-15(13)10-12/h11-12H,2-10H2,1H3/t12-/m1/s1. The SMILES string of the molecule is CC1CCN(C[C@H]2CCCN(I)C2)CC1. The number of nitrogens with zero attached hydrogens (tertiary/aromatic N) is 2. The van der Waals surface area contributed by atoms with Gasteiger partial charge in [0.15, 0.2) is 0 Å². The van der Waals surface area contributed by atoms with Gasteiger partial charge in [-0.15, -0.1) is 0 Å². The zero-order valence-corrected chi connectivity index (χ0v) is 11.9. The van der Waals surface area contributed by atoms with Gasteiger partial charge >= 0.3 is 0 Å². The van der Waals surface area contributed by atoms with Gasteiger partial charge in [-0.25, -0.2) is 3.11 Å². The van der Waals surface area contributed by atoms with Crippen LogP contribution in [0, 0.1) is 11.8 Å². The Hall–Kier alpha value is 0.650. The fraction of sp³-hybridized carbons (Fsp3) is 1.00. The Bertz CT molecular complexity index is 190. The second kappa shape index (κ2) is 5.82. The molecule has 3 heteroatoms. The molecule has 88 valence electrons. The molecule has 0 amide bonds. The molecule has 0 unspecified atom stereocenters.